The second-order valence-corrected chi connectivity index (χ2v) is 2.95. The van der Waals surface area contributed by atoms with Crippen molar-refractivity contribution in [1.82, 2.24) is 4.98 Å². The van der Waals surface area contributed by atoms with Crippen LogP contribution in [0.3, 0.4) is 0 Å². The van der Waals surface area contributed by atoms with Crippen molar-refractivity contribution in [3.63, 3.8) is 0 Å². The second kappa shape index (κ2) is 3.95. The molecule has 1 heterocycles. The Morgan fingerprint density at radius 1 is 1.43 bits per heavy atom. The molecule has 76 valence electrons. The van der Waals surface area contributed by atoms with E-state index in [-0.39, 0.29) is 10.2 Å². The number of halogens is 4. The Balaban J connectivity index is 2.92. The number of pyridine rings is 1. The third-order valence-corrected chi connectivity index (χ3v) is 1.83. The molecular formula is C7H3BrF3NO2. The Morgan fingerprint density at radius 2 is 2.07 bits per heavy atom. The Bertz CT molecular complexity index is 353. The molecule has 14 heavy (non-hydrogen) atoms. The highest BCUT2D eigenvalue weighted by molar-refractivity contribution is 9.10. The van der Waals surface area contributed by atoms with E-state index < -0.39 is 12.2 Å². The zero-order chi connectivity index (χ0) is 10.8. The fourth-order valence-electron chi connectivity index (χ4n) is 0.692. The fourth-order valence-corrected chi connectivity index (χ4v) is 1.09. The number of aldehydes is 1. The summed E-state index contributed by atoms with van der Waals surface area (Å²) in [5.41, 5.74) is 0.152. The van der Waals surface area contributed by atoms with E-state index in [1.54, 1.807) is 0 Å². The number of hydrogen-bond donors (Lipinski definition) is 0. The Kier molecular flexibility index (Phi) is 3.10. The predicted octanol–water partition coefficient (Wildman–Crippen LogP) is 2.56. The highest BCUT2D eigenvalue weighted by Gasteiger charge is 2.31. The standard InChI is InChI=1S/C7H3BrF3NO2/c8-6-4(3-13)1-2-5(12-6)14-7(9,10)11/h1-3H. The van der Waals surface area contributed by atoms with Gasteiger partial charge in [0.1, 0.15) is 4.60 Å². The molecule has 0 saturated heterocycles. The lowest BCUT2D eigenvalue weighted by Crippen LogP contribution is -2.18. The minimum absolute atomic E-state index is 0.00856. The molecule has 1 aromatic heterocycles. The lowest BCUT2D eigenvalue weighted by molar-refractivity contribution is -0.276. The third kappa shape index (κ3) is 2.99. The lowest BCUT2D eigenvalue weighted by atomic mass is 10.3. The maximum absolute atomic E-state index is 11.7. The number of rotatable bonds is 2. The summed E-state index contributed by atoms with van der Waals surface area (Å²) >= 11 is 2.83. The SMILES string of the molecule is O=Cc1ccc(OC(F)(F)F)nc1Br. The van der Waals surface area contributed by atoms with Gasteiger partial charge in [-0.3, -0.25) is 4.79 Å². The zero-order valence-corrected chi connectivity index (χ0v) is 8.09. The number of carbonyl (C=O) groups is 1. The van der Waals surface area contributed by atoms with Crippen molar-refractivity contribution in [3.05, 3.63) is 22.3 Å². The van der Waals surface area contributed by atoms with E-state index in [0.29, 0.717) is 6.29 Å². The minimum Gasteiger partial charge on any atom is -0.388 e. The van der Waals surface area contributed by atoms with E-state index in [2.05, 4.69) is 25.7 Å². The average molecular weight is 270 g/mol. The van der Waals surface area contributed by atoms with Crippen LogP contribution < -0.4 is 4.74 Å². The van der Waals surface area contributed by atoms with E-state index in [0.717, 1.165) is 6.07 Å². The number of nitrogens with zero attached hydrogens (tertiary/aromatic N) is 1. The van der Waals surface area contributed by atoms with Gasteiger partial charge in [-0.25, -0.2) is 4.98 Å². The molecule has 0 fully saturated rings. The van der Waals surface area contributed by atoms with Gasteiger partial charge in [-0.15, -0.1) is 13.2 Å². The van der Waals surface area contributed by atoms with E-state index in [1.165, 1.54) is 6.07 Å². The molecule has 3 nitrogen and oxygen atoms in total. The van der Waals surface area contributed by atoms with E-state index >= 15 is 0 Å². The Labute approximate surface area is 85.0 Å². The molecule has 0 atom stereocenters. The van der Waals surface area contributed by atoms with E-state index in [1.807, 2.05) is 0 Å². The largest absolute Gasteiger partial charge is 0.574 e. The summed E-state index contributed by atoms with van der Waals surface area (Å²) in [6, 6.07) is 2.13. The summed E-state index contributed by atoms with van der Waals surface area (Å²) in [7, 11) is 0. The minimum atomic E-state index is -4.78. The van der Waals surface area contributed by atoms with Crippen molar-refractivity contribution in [3.8, 4) is 5.88 Å². The fraction of sp³-hybridized carbons (Fsp3) is 0.143. The van der Waals surface area contributed by atoms with Crippen molar-refractivity contribution in [2.24, 2.45) is 0 Å². The molecule has 0 N–H and O–H groups in total. The smallest absolute Gasteiger partial charge is 0.388 e. The summed E-state index contributed by atoms with van der Waals surface area (Å²) in [6.45, 7) is 0. The summed E-state index contributed by atoms with van der Waals surface area (Å²) in [5.74, 6) is -0.616. The van der Waals surface area contributed by atoms with Gasteiger partial charge < -0.3 is 4.74 Å². The topological polar surface area (TPSA) is 39.2 Å². The first kappa shape index (κ1) is 11.0. The first-order chi connectivity index (χ1) is 6.42. The summed E-state index contributed by atoms with van der Waals surface area (Å²) < 4.78 is 38.7. The molecule has 0 radical (unpaired) electrons. The molecule has 0 saturated carbocycles. The zero-order valence-electron chi connectivity index (χ0n) is 6.51. The van der Waals surface area contributed by atoms with Crippen LogP contribution in [-0.4, -0.2) is 17.6 Å². The van der Waals surface area contributed by atoms with Gasteiger partial charge in [0.25, 0.3) is 0 Å². The van der Waals surface area contributed by atoms with Crippen LogP contribution in [0.5, 0.6) is 5.88 Å². The van der Waals surface area contributed by atoms with Gasteiger partial charge >= 0.3 is 6.36 Å². The van der Waals surface area contributed by atoms with Crippen molar-refractivity contribution in [2.75, 3.05) is 0 Å². The molecule has 1 aromatic rings. The lowest BCUT2D eigenvalue weighted by Gasteiger charge is -2.07. The first-order valence-corrected chi connectivity index (χ1v) is 4.09. The Hall–Kier alpha value is -1.11. The third-order valence-electron chi connectivity index (χ3n) is 1.20. The highest BCUT2D eigenvalue weighted by Crippen LogP contribution is 2.23. The first-order valence-electron chi connectivity index (χ1n) is 3.30. The van der Waals surface area contributed by atoms with Gasteiger partial charge in [-0.1, -0.05) is 0 Å². The van der Waals surface area contributed by atoms with Crippen molar-refractivity contribution >= 4 is 22.2 Å². The molecule has 7 heteroatoms. The van der Waals surface area contributed by atoms with Gasteiger partial charge in [-0.05, 0) is 22.0 Å². The predicted molar refractivity (Wildman–Crippen MR) is 44.0 cm³/mol. The number of hydrogen-bond acceptors (Lipinski definition) is 3. The van der Waals surface area contributed by atoms with Crippen LogP contribution in [0.15, 0.2) is 16.7 Å². The van der Waals surface area contributed by atoms with Crippen LogP contribution in [0, 0.1) is 0 Å². The molecular weight excluding hydrogens is 267 g/mol. The number of alkyl halides is 3. The van der Waals surface area contributed by atoms with Crippen molar-refractivity contribution < 1.29 is 22.7 Å². The van der Waals surface area contributed by atoms with Crippen LogP contribution in [0.25, 0.3) is 0 Å². The maximum Gasteiger partial charge on any atom is 0.574 e. The molecule has 0 aliphatic carbocycles. The highest BCUT2D eigenvalue weighted by atomic mass is 79.9. The molecule has 0 unspecified atom stereocenters. The number of ether oxygens (including phenoxy) is 1. The normalized spacial score (nSPS) is 11.1. The molecule has 1 rings (SSSR count). The monoisotopic (exact) mass is 269 g/mol. The van der Waals surface area contributed by atoms with Gasteiger partial charge in [0, 0.05) is 11.6 Å². The van der Waals surface area contributed by atoms with Gasteiger partial charge in [0.05, 0.1) is 0 Å². The molecule has 0 aliphatic heterocycles. The van der Waals surface area contributed by atoms with E-state index in [9.17, 15) is 18.0 Å². The van der Waals surface area contributed by atoms with Crippen LogP contribution in [0.1, 0.15) is 10.4 Å². The summed E-state index contributed by atoms with van der Waals surface area (Å²) in [5, 5.41) is 0. The molecule has 0 spiro atoms. The molecule has 0 aromatic carbocycles. The average Bonchev–Trinajstić information content (AvgIpc) is 2.01. The summed E-state index contributed by atoms with van der Waals surface area (Å²) in [4.78, 5) is 13.7. The van der Waals surface area contributed by atoms with Gasteiger partial charge in [0.2, 0.25) is 5.88 Å². The van der Waals surface area contributed by atoms with Crippen molar-refractivity contribution in [1.29, 1.82) is 0 Å². The number of carbonyl (C=O) groups excluding carboxylic acids is 1. The second-order valence-electron chi connectivity index (χ2n) is 2.20. The summed E-state index contributed by atoms with van der Waals surface area (Å²) in [6.07, 6.45) is -4.32. The van der Waals surface area contributed by atoms with Crippen LogP contribution >= 0.6 is 15.9 Å². The van der Waals surface area contributed by atoms with Crippen LogP contribution in [-0.2, 0) is 0 Å². The van der Waals surface area contributed by atoms with Crippen LogP contribution in [0.4, 0.5) is 13.2 Å². The Morgan fingerprint density at radius 3 is 2.50 bits per heavy atom. The van der Waals surface area contributed by atoms with Gasteiger partial charge in [0.15, 0.2) is 6.29 Å². The quantitative estimate of drug-likeness (QED) is 0.612. The number of aromatic nitrogens is 1. The molecule has 0 aliphatic rings. The maximum atomic E-state index is 11.7. The molecule has 0 amide bonds. The van der Waals surface area contributed by atoms with E-state index in [4.69, 9.17) is 0 Å². The van der Waals surface area contributed by atoms with Crippen LogP contribution in [0.2, 0.25) is 0 Å². The molecule has 0 bridgehead atoms. The van der Waals surface area contributed by atoms with Gasteiger partial charge in [-0.2, -0.15) is 0 Å². The van der Waals surface area contributed by atoms with Crippen molar-refractivity contribution in [2.45, 2.75) is 6.36 Å².